The summed E-state index contributed by atoms with van der Waals surface area (Å²) >= 11 is 6.24. The first kappa shape index (κ1) is 24.3. The summed E-state index contributed by atoms with van der Waals surface area (Å²) in [6.45, 7) is 7.78. The Morgan fingerprint density at radius 3 is 2.53 bits per heavy atom. The Labute approximate surface area is 217 Å². The topological polar surface area (TPSA) is 41.4 Å². The summed E-state index contributed by atoms with van der Waals surface area (Å²) in [5, 5.41) is 5.85. The molecule has 5 nitrogen and oxygen atoms in total. The van der Waals surface area contributed by atoms with Crippen LogP contribution in [0.1, 0.15) is 45.4 Å². The zero-order valence-corrected chi connectivity index (χ0v) is 21.6. The minimum atomic E-state index is 0.0309. The van der Waals surface area contributed by atoms with Gasteiger partial charge in [-0.25, -0.2) is 4.68 Å². The first-order chi connectivity index (χ1) is 17.5. The third-order valence-electron chi connectivity index (χ3n) is 6.82. The number of hydrogen-bond donors (Lipinski definition) is 0. The van der Waals surface area contributed by atoms with Crippen LogP contribution in [0.15, 0.2) is 78.9 Å². The van der Waals surface area contributed by atoms with Crippen LogP contribution in [0.5, 0.6) is 0 Å². The molecule has 0 saturated heterocycles. The summed E-state index contributed by atoms with van der Waals surface area (Å²) in [7, 11) is 0. The number of hydrogen-bond acceptors (Lipinski definition) is 3. The van der Waals surface area contributed by atoms with Gasteiger partial charge in [0.2, 0.25) is 0 Å². The summed E-state index contributed by atoms with van der Waals surface area (Å²) in [6, 6.07) is 26.0. The normalized spacial score (nSPS) is 13.4. The maximum Gasteiger partial charge on any atom is 0.254 e. The number of amides is 1. The van der Waals surface area contributed by atoms with Crippen molar-refractivity contribution in [2.45, 2.75) is 39.9 Å². The van der Waals surface area contributed by atoms with Crippen molar-refractivity contribution in [3.63, 3.8) is 0 Å². The van der Waals surface area contributed by atoms with Crippen LogP contribution in [-0.4, -0.2) is 38.6 Å². The van der Waals surface area contributed by atoms with E-state index in [-0.39, 0.29) is 5.91 Å². The van der Waals surface area contributed by atoms with E-state index < -0.39 is 0 Å². The van der Waals surface area contributed by atoms with Crippen LogP contribution < -0.4 is 0 Å². The largest absolute Gasteiger partial charge is 0.333 e. The quantitative estimate of drug-likeness (QED) is 0.311. The van der Waals surface area contributed by atoms with E-state index in [4.69, 9.17) is 16.7 Å². The standard InChI is InChI=1S/C30H31ClN4O/c1-3-34(30(36)24-9-5-4-6-10-24)21-28-27-20-33(19-23-8-7-11-25(31)18-23)17-16-29(27)35(32-28)26-14-12-22(2)13-15-26/h4-15,18H,3,16-17,19-21H2,1-2H3. The van der Waals surface area contributed by atoms with E-state index in [9.17, 15) is 4.79 Å². The van der Waals surface area contributed by atoms with E-state index in [1.807, 2.05) is 60.4 Å². The van der Waals surface area contributed by atoms with Crippen LogP contribution in [0.4, 0.5) is 0 Å². The van der Waals surface area contributed by atoms with Crippen LogP contribution >= 0.6 is 11.6 Å². The molecule has 1 amide bonds. The van der Waals surface area contributed by atoms with Gasteiger partial charge in [-0.2, -0.15) is 5.10 Å². The van der Waals surface area contributed by atoms with E-state index in [1.165, 1.54) is 22.4 Å². The summed E-state index contributed by atoms with van der Waals surface area (Å²) in [5.41, 5.74) is 7.61. The molecule has 3 aromatic carbocycles. The van der Waals surface area contributed by atoms with E-state index in [0.29, 0.717) is 18.7 Å². The van der Waals surface area contributed by atoms with Gasteiger partial charge in [0, 0.05) is 48.7 Å². The minimum Gasteiger partial charge on any atom is -0.333 e. The van der Waals surface area contributed by atoms with E-state index in [1.54, 1.807) is 0 Å². The maximum absolute atomic E-state index is 13.3. The highest BCUT2D eigenvalue weighted by atomic mass is 35.5. The highest BCUT2D eigenvalue weighted by Crippen LogP contribution is 2.28. The predicted molar refractivity (Wildman–Crippen MR) is 144 cm³/mol. The van der Waals surface area contributed by atoms with Gasteiger partial charge in [0.05, 0.1) is 23.6 Å². The van der Waals surface area contributed by atoms with E-state index in [2.05, 4.69) is 46.8 Å². The van der Waals surface area contributed by atoms with Gasteiger partial charge in [-0.15, -0.1) is 0 Å². The summed E-state index contributed by atoms with van der Waals surface area (Å²) in [4.78, 5) is 17.6. The second kappa shape index (κ2) is 10.7. The number of rotatable bonds is 7. The lowest BCUT2D eigenvalue weighted by atomic mass is 10.0. The molecular weight excluding hydrogens is 468 g/mol. The minimum absolute atomic E-state index is 0.0309. The molecule has 184 valence electrons. The fourth-order valence-corrected chi connectivity index (χ4v) is 5.08. The van der Waals surface area contributed by atoms with Crippen molar-refractivity contribution in [3.8, 4) is 5.69 Å². The Kier molecular flexibility index (Phi) is 7.21. The molecule has 0 N–H and O–H groups in total. The fraction of sp³-hybridized carbons (Fsp3) is 0.267. The lowest BCUT2D eigenvalue weighted by Crippen LogP contribution is -2.33. The Bertz CT molecular complexity index is 1350. The summed E-state index contributed by atoms with van der Waals surface area (Å²) in [5.74, 6) is 0.0309. The number of aromatic nitrogens is 2. The first-order valence-corrected chi connectivity index (χ1v) is 12.9. The van der Waals surface area contributed by atoms with Crippen molar-refractivity contribution in [2.75, 3.05) is 13.1 Å². The molecule has 0 atom stereocenters. The summed E-state index contributed by atoms with van der Waals surface area (Å²) in [6.07, 6.45) is 0.898. The van der Waals surface area contributed by atoms with Crippen molar-refractivity contribution in [1.29, 1.82) is 0 Å². The SMILES string of the molecule is CCN(Cc1nn(-c2ccc(C)cc2)c2c1CN(Cc1cccc(Cl)c1)CC2)C(=O)c1ccccc1. The highest BCUT2D eigenvalue weighted by Gasteiger charge is 2.27. The van der Waals surface area contributed by atoms with Crippen LogP contribution in [0.25, 0.3) is 5.69 Å². The average molecular weight is 499 g/mol. The molecule has 0 saturated carbocycles. The number of fused-ring (bicyclic) bond motifs is 1. The van der Waals surface area contributed by atoms with E-state index >= 15 is 0 Å². The monoisotopic (exact) mass is 498 g/mol. The zero-order valence-electron chi connectivity index (χ0n) is 20.8. The van der Waals surface area contributed by atoms with Crippen LogP contribution in [-0.2, 0) is 26.1 Å². The summed E-state index contributed by atoms with van der Waals surface area (Å²) < 4.78 is 2.08. The van der Waals surface area contributed by atoms with Crippen molar-refractivity contribution < 1.29 is 4.79 Å². The first-order valence-electron chi connectivity index (χ1n) is 12.5. The van der Waals surface area contributed by atoms with Crippen molar-refractivity contribution in [2.24, 2.45) is 0 Å². The average Bonchev–Trinajstić information content (AvgIpc) is 3.25. The van der Waals surface area contributed by atoms with Crippen molar-refractivity contribution in [1.82, 2.24) is 19.6 Å². The van der Waals surface area contributed by atoms with Gasteiger partial charge >= 0.3 is 0 Å². The molecule has 1 aliphatic rings. The molecule has 5 rings (SSSR count). The van der Waals surface area contributed by atoms with Gasteiger partial charge in [0.1, 0.15) is 0 Å². The third-order valence-corrected chi connectivity index (χ3v) is 7.06. The Balaban J connectivity index is 1.47. The molecule has 0 spiro atoms. The molecule has 0 unspecified atom stereocenters. The number of carbonyl (C=O) groups is 1. The smallest absolute Gasteiger partial charge is 0.254 e. The lowest BCUT2D eigenvalue weighted by molar-refractivity contribution is 0.0749. The Hall–Kier alpha value is -3.41. The van der Waals surface area contributed by atoms with Crippen molar-refractivity contribution >= 4 is 17.5 Å². The van der Waals surface area contributed by atoms with Gasteiger partial charge in [-0.05, 0) is 55.8 Å². The molecule has 0 fully saturated rings. The molecule has 2 heterocycles. The van der Waals surface area contributed by atoms with Crippen LogP contribution in [0.3, 0.4) is 0 Å². The fourth-order valence-electron chi connectivity index (χ4n) is 4.87. The molecular formula is C30H31ClN4O. The predicted octanol–water partition coefficient (Wildman–Crippen LogP) is 6.05. The lowest BCUT2D eigenvalue weighted by Gasteiger charge is -2.28. The van der Waals surface area contributed by atoms with Gasteiger partial charge < -0.3 is 4.90 Å². The molecule has 1 aliphatic heterocycles. The number of aryl methyl sites for hydroxylation is 1. The molecule has 1 aromatic heterocycles. The van der Waals surface area contributed by atoms with Gasteiger partial charge in [-0.3, -0.25) is 9.69 Å². The number of nitrogens with zero attached hydrogens (tertiary/aromatic N) is 4. The Morgan fingerprint density at radius 1 is 1.03 bits per heavy atom. The molecule has 0 radical (unpaired) electrons. The van der Waals surface area contributed by atoms with Gasteiger partial charge in [0.15, 0.2) is 0 Å². The molecule has 4 aromatic rings. The maximum atomic E-state index is 13.3. The van der Waals surface area contributed by atoms with Gasteiger partial charge in [0.25, 0.3) is 5.91 Å². The van der Waals surface area contributed by atoms with Gasteiger partial charge in [-0.1, -0.05) is 59.6 Å². The number of carbonyl (C=O) groups excluding carboxylic acids is 1. The van der Waals surface area contributed by atoms with Crippen molar-refractivity contribution in [3.05, 3.63) is 118 Å². The molecule has 0 bridgehead atoms. The third kappa shape index (κ3) is 5.23. The molecule has 6 heteroatoms. The van der Waals surface area contributed by atoms with E-state index in [0.717, 1.165) is 42.5 Å². The molecule has 36 heavy (non-hydrogen) atoms. The van der Waals surface area contributed by atoms with Crippen LogP contribution in [0, 0.1) is 6.92 Å². The zero-order chi connectivity index (χ0) is 25.1. The second-order valence-electron chi connectivity index (χ2n) is 9.40. The Morgan fingerprint density at radius 2 is 1.81 bits per heavy atom. The highest BCUT2D eigenvalue weighted by molar-refractivity contribution is 6.30. The number of benzene rings is 3. The van der Waals surface area contributed by atoms with Crippen LogP contribution in [0.2, 0.25) is 5.02 Å². The second-order valence-corrected chi connectivity index (χ2v) is 9.83. The number of halogens is 1. The molecule has 0 aliphatic carbocycles.